The molecule has 0 aliphatic heterocycles. The molecule has 0 aliphatic carbocycles. The minimum Gasteiger partial charge on any atom is -0.196 e. The number of hydrogen-bond donors (Lipinski definition) is 0. The van der Waals surface area contributed by atoms with Crippen molar-refractivity contribution in [3.05, 3.63) is 35.9 Å². The number of alkyl halides is 1. The van der Waals surface area contributed by atoms with Crippen LogP contribution < -0.4 is 0 Å². The first-order valence-corrected chi connectivity index (χ1v) is 4.26. The first kappa shape index (κ1) is 9.09. The lowest BCUT2D eigenvalue weighted by Crippen LogP contribution is -2.13. The molecule has 12 heavy (non-hydrogen) atoms. The molecule has 0 amide bonds. The molecule has 0 aliphatic rings. The smallest absolute Gasteiger partial charge is 0.155 e. The number of nitrogens with zero attached hydrogens (tertiary/aromatic N) is 1. The fourth-order valence-corrected chi connectivity index (χ4v) is 1.18. The molecule has 1 atom stereocenters. The van der Waals surface area contributed by atoms with Gasteiger partial charge >= 0.3 is 0 Å². The molecule has 1 aromatic carbocycles. The van der Waals surface area contributed by atoms with Crippen LogP contribution in [-0.4, -0.2) is 0 Å². The highest BCUT2D eigenvalue weighted by Gasteiger charge is 2.26. The largest absolute Gasteiger partial charge is 0.196 e. The van der Waals surface area contributed by atoms with Gasteiger partial charge in [-0.25, -0.2) is 0 Å². The van der Waals surface area contributed by atoms with E-state index in [1.54, 1.807) is 0 Å². The summed E-state index contributed by atoms with van der Waals surface area (Å²) in [7, 11) is 0. The van der Waals surface area contributed by atoms with E-state index < -0.39 is 4.87 Å². The van der Waals surface area contributed by atoms with Gasteiger partial charge in [-0.05, 0) is 12.0 Å². The second-order valence-electron chi connectivity index (χ2n) is 2.63. The highest BCUT2D eigenvalue weighted by atomic mass is 35.5. The lowest BCUT2D eigenvalue weighted by atomic mass is 9.97. The summed E-state index contributed by atoms with van der Waals surface area (Å²) in [5.41, 5.74) is 0.872. The van der Waals surface area contributed by atoms with E-state index in [1.165, 1.54) is 0 Å². The quantitative estimate of drug-likeness (QED) is 0.641. The Hall–Kier alpha value is -1.00. The Morgan fingerprint density at radius 2 is 2.00 bits per heavy atom. The summed E-state index contributed by atoms with van der Waals surface area (Å²) in [4.78, 5) is -0.846. The third-order valence-corrected chi connectivity index (χ3v) is 2.47. The third kappa shape index (κ3) is 1.60. The topological polar surface area (TPSA) is 23.8 Å². The average molecular weight is 180 g/mol. The predicted molar refractivity (Wildman–Crippen MR) is 49.9 cm³/mol. The zero-order valence-corrected chi connectivity index (χ0v) is 7.67. The van der Waals surface area contributed by atoms with Crippen LogP contribution in [0.4, 0.5) is 0 Å². The molecule has 0 N–H and O–H groups in total. The Morgan fingerprint density at radius 3 is 2.42 bits per heavy atom. The average Bonchev–Trinajstić information content (AvgIpc) is 2.18. The Labute approximate surface area is 77.6 Å². The van der Waals surface area contributed by atoms with Gasteiger partial charge in [0.2, 0.25) is 0 Å². The number of halogens is 1. The van der Waals surface area contributed by atoms with Crippen LogP contribution in [0.2, 0.25) is 0 Å². The van der Waals surface area contributed by atoms with Crippen molar-refractivity contribution in [3.8, 4) is 6.07 Å². The number of benzene rings is 1. The summed E-state index contributed by atoms with van der Waals surface area (Å²) >= 11 is 6.07. The van der Waals surface area contributed by atoms with E-state index in [4.69, 9.17) is 16.9 Å². The van der Waals surface area contributed by atoms with Gasteiger partial charge < -0.3 is 0 Å². The van der Waals surface area contributed by atoms with Gasteiger partial charge in [-0.1, -0.05) is 48.9 Å². The van der Waals surface area contributed by atoms with E-state index in [0.717, 1.165) is 5.56 Å². The van der Waals surface area contributed by atoms with Gasteiger partial charge in [-0.3, -0.25) is 0 Å². The summed E-state index contributed by atoms with van der Waals surface area (Å²) in [6, 6.07) is 11.5. The van der Waals surface area contributed by atoms with Crippen LogP contribution in [0.25, 0.3) is 0 Å². The SMILES string of the molecule is CCC(Cl)(C#N)c1ccccc1. The summed E-state index contributed by atoms with van der Waals surface area (Å²) in [6.07, 6.45) is 0.620. The van der Waals surface area contributed by atoms with Gasteiger partial charge in [-0.2, -0.15) is 5.26 Å². The van der Waals surface area contributed by atoms with E-state index in [0.29, 0.717) is 6.42 Å². The molecule has 1 rings (SSSR count). The molecular weight excluding hydrogens is 170 g/mol. The molecule has 0 spiro atoms. The minimum atomic E-state index is -0.846. The Balaban J connectivity index is 3.06. The second kappa shape index (κ2) is 3.60. The molecular formula is C10H10ClN. The maximum Gasteiger partial charge on any atom is 0.155 e. The van der Waals surface area contributed by atoms with Gasteiger partial charge in [0, 0.05) is 0 Å². The molecule has 2 heteroatoms. The number of rotatable bonds is 2. The van der Waals surface area contributed by atoms with Crippen molar-refractivity contribution in [1.29, 1.82) is 5.26 Å². The fourth-order valence-electron chi connectivity index (χ4n) is 1.05. The van der Waals surface area contributed by atoms with Gasteiger partial charge in [0.25, 0.3) is 0 Å². The lowest BCUT2D eigenvalue weighted by Gasteiger charge is -2.16. The molecule has 0 saturated carbocycles. The highest BCUT2D eigenvalue weighted by molar-refractivity contribution is 6.25. The Kier molecular flexibility index (Phi) is 2.73. The molecule has 0 aromatic heterocycles. The van der Waals surface area contributed by atoms with Gasteiger partial charge in [0.1, 0.15) is 0 Å². The van der Waals surface area contributed by atoms with Crippen LogP contribution in [-0.2, 0) is 4.87 Å². The van der Waals surface area contributed by atoms with E-state index in [2.05, 4.69) is 6.07 Å². The first-order chi connectivity index (χ1) is 5.73. The van der Waals surface area contributed by atoms with Gasteiger partial charge in [-0.15, -0.1) is 0 Å². The standard InChI is InChI=1S/C10H10ClN/c1-2-10(11,8-12)9-6-4-3-5-7-9/h3-7H,2H2,1H3. The van der Waals surface area contributed by atoms with Crippen molar-refractivity contribution in [2.75, 3.05) is 0 Å². The monoisotopic (exact) mass is 179 g/mol. The van der Waals surface area contributed by atoms with Crippen molar-refractivity contribution < 1.29 is 0 Å². The molecule has 1 unspecified atom stereocenters. The van der Waals surface area contributed by atoms with E-state index in [-0.39, 0.29) is 0 Å². The summed E-state index contributed by atoms with van der Waals surface area (Å²) in [6.45, 7) is 1.91. The fraction of sp³-hybridized carbons (Fsp3) is 0.300. The van der Waals surface area contributed by atoms with E-state index in [1.807, 2.05) is 37.3 Å². The van der Waals surface area contributed by atoms with Crippen LogP contribution >= 0.6 is 11.6 Å². The van der Waals surface area contributed by atoms with Crippen LogP contribution in [0, 0.1) is 11.3 Å². The molecule has 0 fully saturated rings. The predicted octanol–water partition coefficient (Wildman–Crippen LogP) is 3.05. The minimum absolute atomic E-state index is 0.620. The number of nitriles is 1. The highest BCUT2D eigenvalue weighted by Crippen LogP contribution is 2.31. The van der Waals surface area contributed by atoms with Crippen LogP contribution in [0.5, 0.6) is 0 Å². The lowest BCUT2D eigenvalue weighted by molar-refractivity contribution is 0.737. The maximum absolute atomic E-state index is 8.86. The van der Waals surface area contributed by atoms with E-state index in [9.17, 15) is 0 Å². The molecule has 0 radical (unpaired) electrons. The van der Waals surface area contributed by atoms with E-state index >= 15 is 0 Å². The summed E-state index contributed by atoms with van der Waals surface area (Å²) in [5, 5.41) is 8.86. The van der Waals surface area contributed by atoms with Crippen molar-refractivity contribution in [2.24, 2.45) is 0 Å². The van der Waals surface area contributed by atoms with Crippen molar-refractivity contribution in [2.45, 2.75) is 18.2 Å². The normalized spacial score (nSPS) is 14.8. The maximum atomic E-state index is 8.86. The first-order valence-electron chi connectivity index (χ1n) is 3.88. The second-order valence-corrected chi connectivity index (χ2v) is 3.28. The third-order valence-electron chi connectivity index (χ3n) is 1.90. The molecule has 0 heterocycles. The van der Waals surface area contributed by atoms with Crippen LogP contribution in [0.1, 0.15) is 18.9 Å². The molecule has 0 bridgehead atoms. The molecule has 1 aromatic rings. The van der Waals surface area contributed by atoms with Crippen molar-refractivity contribution in [1.82, 2.24) is 0 Å². The molecule has 62 valence electrons. The summed E-state index contributed by atoms with van der Waals surface area (Å²) in [5.74, 6) is 0. The van der Waals surface area contributed by atoms with Gasteiger partial charge in [0.15, 0.2) is 4.87 Å². The zero-order chi connectivity index (χ0) is 9.03. The van der Waals surface area contributed by atoms with Crippen molar-refractivity contribution in [3.63, 3.8) is 0 Å². The number of hydrogen-bond acceptors (Lipinski definition) is 1. The summed E-state index contributed by atoms with van der Waals surface area (Å²) < 4.78 is 0. The zero-order valence-electron chi connectivity index (χ0n) is 6.92. The van der Waals surface area contributed by atoms with Crippen LogP contribution in [0.15, 0.2) is 30.3 Å². The Bertz CT molecular complexity index is 288. The van der Waals surface area contributed by atoms with Crippen LogP contribution in [0.3, 0.4) is 0 Å². The van der Waals surface area contributed by atoms with Gasteiger partial charge in [0.05, 0.1) is 6.07 Å². The molecule has 1 nitrogen and oxygen atoms in total. The Morgan fingerprint density at radius 1 is 1.42 bits per heavy atom. The van der Waals surface area contributed by atoms with Crippen molar-refractivity contribution >= 4 is 11.6 Å². The molecule has 0 saturated heterocycles.